The molecule has 0 fully saturated rings. The minimum atomic E-state index is -0.426. The Morgan fingerprint density at radius 2 is 1.95 bits per heavy atom. The molecule has 21 heavy (non-hydrogen) atoms. The Kier molecular flexibility index (Phi) is 4.50. The Bertz CT molecular complexity index is 671. The van der Waals surface area contributed by atoms with E-state index < -0.39 is 10.8 Å². The molecule has 6 heteroatoms. The highest BCUT2D eigenvalue weighted by molar-refractivity contribution is 5.78. The summed E-state index contributed by atoms with van der Waals surface area (Å²) in [4.78, 5) is 21.3. The van der Waals surface area contributed by atoms with Gasteiger partial charge in [-0.2, -0.15) is 0 Å². The number of benzene rings is 2. The van der Waals surface area contributed by atoms with Crippen LogP contribution in [0, 0.1) is 10.1 Å². The molecule has 0 heterocycles. The predicted molar refractivity (Wildman–Crippen MR) is 79.8 cm³/mol. The highest BCUT2D eigenvalue weighted by atomic mass is 16.6. The molecule has 2 rings (SSSR count). The predicted octanol–water partition coefficient (Wildman–Crippen LogP) is 2.23. The highest BCUT2D eigenvalue weighted by Crippen LogP contribution is 2.18. The zero-order chi connectivity index (χ0) is 15.2. The van der Waals surface area contributed by atoms with Crippen molar-refractivity contribution in [2.24, 2.45) is 5.73 Å². The molecular weight excluding hydrogens is 270 g/mol. The summed E-state index contributed by atoms with van der Waals surface area (Å²) >= 11 is 0. The van der Waals surface area contributed by atoms with Gasteiger partial charge in [-0.3, -0.25) is 14.9 Å². The van der Waals surface area contributed by atoms with Gasteiger partial charge in [0.25, 0.3) is 5.69 Å². The van der Waals surface area contributed by atoms with Crippen LogP contribution < -0.4 is 11.1 Å². The average Bonchev–Trinajstić information content (AvgIpc) is 2.46. The second-order valence-electron chi connectivity index (χ2n) is 4.58. The van der Waals surface area contributed by atoms with Gasteiger partial charge in [0.05, 0.1) is 11.3 Å². The molecule has 2 aromatic rings. The maximum atomic E-state index is 11.0. The largest absolute Gasteiger partial charge is 0.381 e. The maximum absolute atomic E-state index is 11.0. The van der Waals surface area contributed by atoms with Crippen LogP contribution in [0.15, 0.2) is 48.5 Å². The van der Waals surface area contributed by atoms with E-state index >= 15 is 0 Å². The molecule has 0 aliphatic carbocycles. The van der Waals surface area contributed by atoms with Gasteiger partial charge in [0.2, 0.25) is 5.91 Å². The van der Waals surface area contributed by atoms with Crippen molar-refractivity contribution >= 4 is 17.3 Å². The van der Waals surface area contributed by atoms with E-state index in [1.807, 2.05) is 24.3 Å². The molecule has 6 nitrogen and oxygen atoms in total. The number of carbonyl (C=O) groups excluding carboxylic acids is 1. The third-order valence-electron chi connectivity index (χ3n) is 2.99. The van der Waals surface area contributed by atoms with Gasteiger partial charge in [0, 0.05) is 24.4 Å². The van der Waals surface area contributed by atoms with Crippen LogP contribution in [0.2, 0.25) is 0 Å². The van der Waals surface area contributed by atoms with Crippen molar-refractivity contribution in [2.45, 2.75) is 13.0 Å². The van der Waals surface area contributed by atoms with Gasteiger partial charge in [0.1, 0.15) is 0 Å². The first-order valence-corrected chi connectivity index (χ1v) is 6.39. The molecule has 0 aliphatic heterocycles. The number of hydrogen-bond donors (Lipinski definition) is 2. The summed E-state index contributed by atoms with van der Waals surface area (Å²) in [7, 11) is 0. The van der Waals surface area contributed by atoms with E-state index in [1.165, 1.54) is 12.1 Å². The molecule has 0 unspecified atom stereocenters. The van der Waals surface area contributed by atoms with Gasteiger partial charge in [-0.15, -0.1) is 0 Å². The first-order chi connectivity index (χ1) is 10.1. The van der Waals surface area contributed by atoms with E-state index in [0.29, 0.717) is 6.54 Å². The number of rotatable bonds is 6. The van der Waals surface area contributed by atoms with E-state index in [9.17, 15) is 14.9 Å². The van der Waals surface area contributed by atoms with Gasteiger partial charge in [-0.25, -0.2) is 0 Å². The zero-order valence-corrected chi connectivity index (χ0v) is 11.3. The van der Waals surface area contributed by atoms with Crippen molar-refractivity contribution in [1.82, 2.24) is 0 Å². The standard InChI is InChI=1S/C15H15N3O3/c16-15(19)9-12-5-1-2-7-14(12)17-10-11-4-3-6-13(8-11)18(20)21/h1-8,17H,9-10H2,(H2,16,19). The Labute approximate surface area is 121 Å². The Hall–Kier alpha value is -2.89. The average molecular weight is 285 g/mol. The molecule has 0 radical (unpaired) electrons. The number of anilines is 1. The Morgan fingerprint density at radius 3 is 2.67 bits per heavy atom. The second kappa shape index (κ2) is 6.51. The quantitative estimate of drug-likeness (QED) is 0.628. The van der Waals surface area contributed by atoms with Crippen molar-refractivity contribution in [2.75, 3.05) is 5.32 Å². The summed E-state index contributed by atoms with van der Waals surface area (Å²) in [5.41, 5.74) is 7.65. The molecule has 0 saturated heterocycles. The summed E-state index contributed by atoms with van der Waals surface area (Å²) < 4.78 is 0. The Balaban J connectivity index is 2.11. The van der Waals surface area contributed by atoms with E-state index in [0.717, 1.165) is 16.8 Å². The number of nitrogens with zero attached hydrogens (tertiary/aromatic N) is 1. The molecule has 0 saturated carbocycles. The number of carbonyl (C=O) groups is 1. The molecule has 3 N–H and O–H groups in total. The first kappa shape index (κ1) is 14.5. The van der Waals surface area contributed by atoms with Crippen molar-refractivity contribution < 1.29 is 9.72 Å². The normalized spacial score (nSPS) is 10.1. The number of amides is 1. The topological polar surface area (TPSA) is 98.3 Å². The number of hydrogen-bond acceptors (Lipinski definition) is 4. The summed E-state index contributed by atoms with van der Waals surface area (Å²) in [5, 5.41) is 13.9. The van der Waals surface area contributed by atoms with Crippen LogP contribution in [0.5, 0.6) is 0 Å². The number of nitrogens with two attached hydrogens (primary N) is 1. The Morgan fingerprint density at radius 1 is 1.19 bits per heavy atom. The van der Waals surface area contributed by atoms with Gasteiger partial charge in [-0.1, -0.05) is 30.3 Å². The number of primary amides is 1. The number of nitro groups is 1. The van der Waals surface area contributed by atoms with Crippen LogP contribution in [0.25, 0.3) is 0 Å². The fraction of sp³-hybridized carbons (Fsp3) is 0.133. The molecule has 0 atom stereocenters. The third kappa shape index (κ3) is 4.04. The van der Waals surface area contributed by atoms with Gasteiger partial charge >= 0.3 is 0 Å². The maximum Gasteiger partial charge on any atom is 0.269 e. The minimum absolute atomic E-state index is 0.0553. The lowest BCUT2D eigenvalue weighted by molar-refractivity contribution is -0.384. The molecule has 108 valence electrons. The molecule has 1 amide bonds. The van der Waals surface area contributed by atoms with Crippen molar-refractivity contribution in [1.29, 1.82) is 0 Å². The monoisotopic (exact) mass is 285 g/mol. The number of nitro benzene ring substituents is 1. The number of nitrogens with one attached hydrogen (secondary N) is 1. The van der Waals surface area contributed by atoms with E-state index in [4.69, 9.17) is 5.73 Å². The summed E-state index contributed by atoms with van der Waals surface area (Å²) in [5.74, 6) is -0.403. The molecule has 0 aromatic heterocycles. The minimum Gasteiger partial charge on any atom is -0.381 e. The van der Waals surface area contributed by atoms with Crippen molar-refractivity contribution in [3.05, 3.63) is 69.8 Å². The van der Waals surface area contributed by atoms with E-state index in [1.54, 1.807) is 12.1 Å². The lowest BCUT2D eigenvalue weighted by Gasteiger charge is -2.11. The molecule has 0 bridgehead atoms. The van der Waals surface area contributed by atoms with Crippen LogP contribution in [-0.4, -0.2) is 10.8 Å². The number of para-hydroxylation sites is 1. The second-order valence-corrected chi connectivity index (χ2v) is 4.58. The molecule has 2 aromatic carbocycles. The van der Waals surface area contributed by atoms with Gasteiger partial charge in [-0.05, 0) is 17.2 Å². The van der Waals surface area contributed by atoms with Crippen LogP contribution >= 0.6 is 0 Å². The van der Waals surface area contributed by atoms with Crippen LogP contribution in [0.1, 0.15) is 11.1 Å². The number of non-ortho nitro benzene ring substituents is 1. The smallest absolute Gasteiger partial charge is 0.269 e. The fourth-order valence-corrected chi connectivity index (χ4v) is 2.01. The highest BCUT2D eigenvalue weighted by Gasteiger charge is 2.07. The molecule has 0 aliphatic rings. The van der Waals surface area contributed by atoms with Gasteiger partial charge in [0.15, 0.2) is 0 Å². The van der Waals surface area contributed by atoms with Crippen molar-refractivity contribution in [3.8, 4) is 0 Å². The fourth-order valence-electron chi connectivity index (χ4n) is 2.01. The SMILES string of the molecule is NC(=O)Cc1ccccc1NCc1cccc([N+](=O)[O-])c1. The molecular formula is C15H15N3O3. The third-order valence-corrected chi connectivity index (χ3v) is 2.99. The summed E-state index contributed by atoms with van der Waals surface area (Å²) in [6, 6.07) is 13.8. The first-order valence-electron chi connectivity index (χ1n) is 6.39. The van der Waals surface area contributed by atoms with Gasteiger partial charge < -0.3 is 11.1 Å². The van der Waals surface area contributed by atoms with Crippen LogP contribution in [0.4, 0.5) is 11.4 Å². The summed E-state index contributed by atoms with van der Waals surface area (Å²) in [6.45, 7) is 0.428. The van der Waals surface area contributed by atoms with Crippen molar-refractivity contribution in [3.63, 3.8) is 0 Å². The van der Waals surface area contributed by atoms with E-state index in [2.05, 4.69) is 5.32 Å². The lowest BCUT2D eigenvalue weighted by atomic mass is 10.1. The van der Waals surface area contributed by atoms with Crippen LogP contribution in [0.3, 0.4) is 0 Å². The lowest BCUT2D eigenvalue weighted by Crippen LogP contribution is -2.15. The van der Waals surface area contributed by atoms with E-state index in [-0.39, 0.29) is 12.1 Å². The zero-order valence-electron chi connectivity index (χ0n) is 11.3. The molecule has 0 spiro atoms. The summed E-state index contributed by atoms with van der Waals surface area (Å²) in [6.07, 6.45) is 0.151. The van der Waals surface area contributed by atoms with Crippen LogP contribution in [-0.2, 0) is 17.8 Å².